The second-order valence-corrected chi connectivity index (χ2v) is 5.50. The monoisotopic (exact) mass is 256 g/mol. The first kappa shape index (κ1) is 12.3. The number of hydrogen-bond donors (Lipinski definition) is 1. The van der Waals surface area contributed by atoms with Crippen LogP contribution in [0.15, 0.2) is 18.2 Å². The number of benzene rings is 1. The Morgan fingerprint density at radius 2 is 1.95 bits per heavy atom. The zero-order valence-electron chi connectivity index (χ0n) is 11.2. The van der Waals surface area contributed by atoms with E-state index < -0.39 is 0 Å². The molecule has 2 fully saturated rings. The van der Waals surface area contributed by atoms with Gasteiger partial charge >= 0.3 is 0 Å². The van der Waals surface area contributed by atoms with E-state index in [1.807, 2.05) is 6.07 Å². The molecule has 4 nitrogen and oxygen atoms in total. The van der Waals surface area contributed by atoms with Crippen LogP contribution in [0.2, 0.25) is 0 Å². The summed E-state index contributed by atoms with van der Waals surface area (Å²) < 4.78 is 0. The molecule has 2 aliphatic rings. The van der Waals surface area contributed by atoms with Crippen molar-refractivity contribution < 1.29 is 0 Å². The Morgan fingerprint density at radius 3 is 2.58 bits per heavy atom. The first-order chi connectivity index (χ1) is 9.28. The highest BCUT2D eigenvalue weighted by Crippen LogP contribution is 2.29. The van der Waals surface area contributed by atoms with Gasteiger partial charge in [-0.2, -0.15) is 5.26 Å². The van der Waals surface area contributed by atoms with Gasteiger partial charge in [0.1, 0.15) is 6.07 Å². The van der Waals surface area contributed by atoms with Gasteiger partial charge in [-0.05, 0) is 37.5 Å². The third-order valence-electron chi connectivity index (χ3n) is 4.14. The van der Waals surface area contributed by atoms with Gasteiger partial charge in [-0.1, -0.05) is 0 Å². The summed E-state index contributed by atoms with van der Waals surface area (Å²) in [5, 5.41) is 9.39. The summed E-state index contributed by atoms with van der Waals surface area (Å²) in [6.07, 6.45) is 3.52. The lowest BCUT2D eigenvalue weighted by Gasteiger charge is -2.23. The van der Waals surface area contributed by atoms with Crippen LogP contribution < -0.4 is 15.5 Å². The van der Waals surface area contributed by atoms with Crippen molar-refractivity contribution in [3.63, 3.8) is 0 Å². The Bertz CT molecular complexity index is 499. The minimum absolute atomic E-state index is 0.241. The highest BCUT2D eigenvalue weighted by Gasteiger charge is 2.22. The maximum absolute atomic E-state index is 9.39. The van der Waals surface area contributed by atoms with Gasteiger partial charge < -0.3 is 15.5 Å². The molecule has 1 atom stereocenters. The minimum atomic E-state index is 0.241. The highest BCUT2D eigenvalue weighted by atomic mass is 15.2. The zero-order chi connectivity index (χ0) is 13.2. The van der Waals surface area contributed by atoms with Gasteiger partial charge in [0.05, 0.1) is 11.3 Å². The lowest BCUT2D eigenvalue weighted by Crippen LogP contribution is -2.27. The van der Waals surface area contributed by atoms with Crippen molar-refractivity contribution in [1.82, 2.24) is 0 Å². The second kappa shape index (κ2) is 5.10. The molecule has 0 aromatic heterocycles. The van der Waals surface area contributed by atoms with Gasteiger partial charge in [-0.3, -0.25) is 0 Å². The average molecular weight is 256 g/mol. The molecular weight excluding hydrogens is 236 g/mol. The van der Waals surface area contributed by atoms with E-state index in [2.05, 4.69) is 28.0 Å². The van der Waals surface area contributed by atoms with E-state index in [9.17, 15) is 5.26 Å². The summed E-state index contributed by atoms with van der Waals surface area (Å²) in [6, 6.07) is 8.85. The van der Waals surface area contributed by atoms with E-state index in [1.165, 1.54) is 18.5 Å². The first-order valence-electron chi connectivity index (χ1n) is 7.07. The number of rotatable bonds is 2. The summed E-state index contributed by atoms with van der Waals surface area (Å²) in [5.74, 6) is 0. The van der Waals surface area contributed by atoms with E-state index in [-0.39, 0.29) is 6.04 Å². The zero-order valence-corrected chi connectivity index (χ0v) is 11.2. The van der Waals surface area contributed by atoms with Gasteiger partial charge in [0, 0.05) is 37.9 Å². The molecule has 2 N–H and O–H groups in total. The fourth-order valence-corrected chi connectivity index (χ4v) is 3.07. The molecule has 1 aromatic carbocycles. The molecule has 0 radical (unpaired) electrons. The Hall–Kier alpha value is -1.73. The number of hydrogen-bond acceptors (Lipinski definition) is 4. The number of nitriles is 1. The van der Waals surface area contributed by atoms with Crippen LogP contribution in [0, 0.1) is 11.3 Å². The Balaban J connectivity index is 1.87. The Morgan fingerprint density at radius 1 is 1.16 bits per heavy atom. The van der Waals surface area contributed by atoms with Gasteiger partial charge in [0.25, 0.3) is 0 Å². The molecule has 2 saturated heterocycles. The minimum Gasteiger partial charge on any atom is -0.371 e. The Kier molecular flexibility index (Phi) is 3.31. The normalized spacial score (nSPS) is 22.8. The van der Waals surface area contributed by atoms with Crippen molar-refractivity contribution in [3.05, 3.63) is 23.8 Å². The molecule has 19 heavy (non-hydrogen) atoms. The maximum atomic E-state index is 9.39. The largest absolute Gasteiger partial charge is 0.371 e. The number of nitrogens with two attached hydrogens (primary N) is 1. The maximum Gasteiger partial charge on any atom is 0.101 e. The number of nitrogens with zero attached hydrogens (tertiary/aromatic N) is 3. The summed E-state index contributed by atoms with van der Waals surface area (Å²) in [4.78, 5) is 4.59. The summed E-state index contributed by atoms with van der Waals surface area (Å²) in [5.41, 5.74) is 8.95. The van der Waals surface area contributed by atoms with Crippen molar-refractivity contribution in [2.75, 3.05) is 36.0 Å². The van der Waals surface area contributed by atoms with E-state index in [0.717, 1.165) is 43.9 Å². The van der Waals surface area contributed by atoms with Gasteiger partial charge in [-0.25, -0.2) is 0 Å². The molecule has 2 aliphatic heterocycles. The highest BCUT2D eigenvalue weighted by molar-refractivity contribution is 5.66. The standard InChI is InChI=1S/C15H20N4/c16-10-12-9-14(18-6-1-2-7-18)3-4-15(12)19-8-5-13(17)11-19/h3-4,9,13H,1-2,5-8,11,17H2/t13-/m0/s1. The lowest BCUT2D eigenvalue weighted by molar-refractivity contribution is 0.752. The molecule has 0 bridgehead atoms. The third kappa shape index (κ3) is 2.39. The number of anilines is 2. The quantitative estimate of drug-likeness (QED) is 0.875. The van der Waals surface area contributed by atoms with Crippen LogP contribution in [0.5, 0.6) is 0 Å². The van der Waals surface area contributed by atoms with Gasteiger partial charge in [-0.15, -0.1) is 0 Å². The van der Waals surface area contributed by atoms with Crippen LogP contribution in [0.25, 0.3) is 0 Å². The topological polar surface area (TPSA) is 56.3 Å². The molecule has 0 unspecified atom stereocenters. The first-order valence-corrected chi connectivity index (χ1v) is 7.07. The van der Waals surface area contributed by atoms with E-state index in [4.69, 9.17) is 5.73 Å². The van der Waals surface area contributed by atoms with E-state index in [0.29, 0.717) is 0 Å². The molecule has 0 spiro atoms. The summed E-state index contributed by atoms with van der Waals surface area (Å²) in [7, 11) is 0. The van der Waals surface area contributed by atoms with E-state index in [1.54, 1.807) is 0 Å². The molecule has 1 aromatic rings. The molecule has 0 aliphatic carbocycles. The fraction of sp³-hybridized carbons (Fsp3) is 0.533. The third-order valence-corrected chi connectivity index (χ3v) is 4.14. The SMILES string of the molecule is N#Cc1cc(N2CCCC2)ccc1N1CC[C@H](N)C1. The lowest BCUT2D eigenvalue weighted by atomic mass is 10.1. The molecule has 3 rings (SSSR count). The predicted octanol–water partition coefficient (Wildman–Crippen LogP) is 1.70. The van der Waals surface area contributed by atoms with Crippen LogP contribution in [-0.2, 0) is 0 Å². The van der Waals surface area contributed by atoms with Crippen molar-refractivity contribution >= 4 is 11.4 Å². The average Bonchev–Trinajstić information content (AvgIpc) is 3.09. The molecule has 100 valence electrons. The van der Waals surface area contributed by atoms with Crippen LogP contribution in [0.1, 0.15) is 24.8 Å². The molecule has 0 amide bonds. The van der Waals surface area contributed by atoms with Crippen molar-refractivity contribution in [2.45, 2.75) is 25.3 Å². The predicted molar refractivity (Wildman–Crippen MR) is 77.4 cm³/mol. The molecular formula is C15H20N4. The Labute approximate surface area is 114 Å². The van der Waals surface area contributed by atoms with E-state index >= 15 is 0 Å². The van der Waals surface area contributed by atoms with Crippen LogP contribution in [0.3, 0.4) is 0 Å². The van der Waals surface area contributed by atoms with Crippen LogP contribution >= 0.6 is 0 Å². The van der Waals surface area contributed by atoms with Crippen LogP contribution in [-0.4, -0.2) is 32.2 Å². The molecule has 4 heteroatoms. The molecule has 2 heterocycles. The summed E-state index contributed by atoms with van der Waals surface area (Å²) >= 11 is 0. The van der Waals surface area contributed by atoms with Crippen molar-refractivity contribution in [3.8, 4) is 6.07 Å². The van der Waals surface area contributed by atoms with Gasteiger partial charge in [0.2, 0.25) is 0 Å². The van der Waals surface area contributed by atoms with Crippen molar-refractivity contribution in [1.29, 1.82) is 5.26 Å². The smallest absolute Gasteiger partial charge is 0.101 e. The van der Waals surface area contributed by atoms with Gasteiger partial charge in [0.15, 0.2) is 0 Å². The van der Waals surface area contributed by atoms with Crippen LogP contribution in [0.4, 0.5) is 11.4 Å². The fourth-order valence-electron chi connectivity index (χ4n) is 3.07. The molecule has 0 saturated carbocycles. The van der Waals surface area contributed by atoms with Crippen molar-refractivity contribution in [2.24, 2.45) is 5.73 Å². The summed E-state index contributed by atoms with van der Waals surface area (Å²) in [6.45, 7) is 4.04. The second-order valence-electron chi connectivity index (χ2n) is 5.50.